The van der Waals surface area contributed by atoms with Gasteiger partial charge in [0.25, 0.3) is 0 Å². The van der Waals surface area contributed by atoms with Crippen LogP contribution in [0.3, 0.4) is 0 Å². The van der Waals surface area contributed by atoms with Gasteiger partial charge in [0.15, 0.2) is 5.15 Å². The number of pyridine rings is 1. The molecule has 1 saturated carbocycles. The summed E-state index contributed by atoms with van der Waals surface area (Å²) in [6.45, 7) is 1.00. The van der Waals surface area contributed by atoms with Crippen molar-refractivity contribution >= 4 is 22.6 Å². The topological polar surface area (TPSA) is 50.8 Å². The summed E-state index contributed by atoms with van der Waals surface area (Å²) in [4.78, 5) is 12.2. The van der Waals surface area contributed by atoms with Crippen LogP contribution in [0, 0.1) is 0 Å². The molecule has 0 amide bonds. The molecule has 1 aliphatic carbocycles. The molecule has 1 N–H and O–H groups in total. The lowest BCUT2D eigenvalue weighted by Gasteiger charge is -2.01. The molecular weight excluding hydrogens is 298 g/mol. The van der Waals surface area contributed by atoms with Gasteiger partial charge >= 0.3 is 0 Å². The van der Waals surface area contributed by atoms with Crippen LogP contribution in [0.2, 0.25) is 5.15 Å². The van der Waals surface area contributed by atoms with Gasteiger partial charge in [0.1, 0.15) is 17.9 Å². The van der Waals surface area contributed by atoms with E-state index in [1.807, 2.05) is 36.5 Å². The number of halogens is 1. The van der Waals surface area contributed by atoms with Gasteiger partial charge < -0.3 is 9.72 Å². The van der Waals surface area contributed by atoms with Crippen molar-refractivity contribution in [3.8, 4) is 0 Å². The van der Waals surface area contributed by atoms with Crippen molar-refractivity contribution in [2.24, 2.45) is 0 Å². The number of benzene rings is 1. The molecule has 1 aromatic carbocycles. The zero-order chi connectivity index (χ0) is 14.9. The molecule has 22 heavy (non-hydrogen) atoms. The van der Waals surface area contributed by atoms with Crippen molar-refractivity contribution < 1.29 is 4.74 Å². The Bertz CT molecular complexity index is 796. The molecule has 4 nitrogen and oxygen atoms in total. The second-order valence-electron chi connectivity index (χ2n) is 5.66. The summed E-state index contributed by atoms with van der Waals surface area (Å²) in [6.07, 6.45) is 4.29. The van der Waals surface area contributed by atoms with Crippen LogP contribution < -0.4 is 0 Å². The standard InChI is InChI=1S/C17H16ClN3O/c18-17-16-15(13(8-19-17)12-6-7-12)20-14(21-16)10-22-9-11-4-2-1-3-5-11/h1-5,8,12H,6-7,9-10H2,(H,20,21). The molecule has 0 atom stereocenters. The number of hydrogen-bond acceptors (Lipinski definition) is 3. The SMILES string of the molecule is Clc1ncc(C2CC2)c2nc(COCc3ccccc3)[nH]c12. The maximum atomic E-state index is 6.17. The maximum Gasteiger partial charge on any atom is 0.154 e. The van der Waals surface area contributed by atoms with Gasteiger partial charge in [0.2, 0.25) is 0 Å². The highest BCUT2D eigenvalue weighted by Gasteiger charge is 2.27. The highest BCUT2D eigenvalue weighted by Crippen LogP contribution is 2.43. The normalized spacial score (nSPS) is 14.6. The fraction of sp³-hybridized carbons (Fsp3) is 0.294. The smallest absolute Gasteiger partial charge is 0.154 e. The van der Waals surface area contributed by atoms with Crippen LogP contribution in [0.1, 0.15) is 35.7 Å². The summed E-state index contributed by atoms with van der Waals surface area (Å²) in [5, 5.41) is 0.473. The quantitative estimate of drug-likeness (QED) is 0.718. The third kappa shape index (κ3) is 2.72. The molecule has 3 aromatic rings. The summed E-state index contributed by atoms with van der Waals surface area (Å²) in [6, 6.07) is 10.1. The zero-order valence-electron chi connectivity index (χ0n) is 12.1. The molecule has 5 heteroatoms. The third-order valence-electron chi connectivity index (χ3n) is 3.92. The predicted molar refractivity (Wildman–Crippen MR) is 85.8 cm³/mol. The number of imidazole rings is 1. The second kappa shape index (κ2) is 5.71. The van der Waals surface area contributed by atoms with Crippen LogP contribution in [0.4, 0.5) is 0 Å². The molecule has 2 heterocycles. The highest BCUT2D eigenvalue weighted by atomic mass is 35.5. The van der Waals surface area contributed by atoms with Gasteiger partial charge in [-0.1, -0.05) is 41.9 Å². The zero-order valence-corrected chi connectivity index (χ0v) is 12.8. The van der Waals surface area contributed by atoms with E-state index in [-0.39, 0.29) is 0 Å². The maximum absolute atomic E-state index is 6.17. The van der Waals surface area contributed by atoms with Crippen LogP contribution in [0.25, 0.3) is 11.0 Å². The van der Waals surface area contributed by atoms with Crippen molar-refractivity contribution in [1.82, 2.24) is 15.0 Å². The van der Waals surface area contributed by atoms with Crippen molar-refractivity contribution in [2.45, 2.75) is 32.0 Å². The number of ether oxygens (including phenoxy) is 1. The molecule has 1 fully saturated rings. The van der Waals surface area contributed by atoms with E-state index in [0.29, 0.717) is 24.3 Å². The van der Waals surface area contributed by atoms with Crippen LogP contribution in [-0.4, -0.2) is 15.0 Å². The molecular formula is C17H16ClN3O. The van der Waals surface area contributed by atoms with E-state index >= 15 is 0 Å². The molecule has 0 radical (unpaired) electrons. The number of fused-ring (bicyclic) bond motifs is 1. The lowest BCUT2D eigenvalue weighted by Crippen LogP contribution is -1.95. The monoisotopic (exact) mass is 313 g/mol. The van der Waals surface area contributed by atoms with Crippen LogP contribution in [0.15, 0.2) is 36.5 Å². The number of aromatic nitrogens is 3. The first-order valence-electron chi connectivity index (χ1n) is 7.46. The van der Waals surface area contributed by atoms with Gasteiger partial charge in [0, 0.05) is 11.8 Å². The fourth-order valence-electron chi connectivity index (χ4n) is 2.63. The van der Waals surface area contributed by atoms with Crippen LogP contribution >= 0.6 is 11.6 Å². The predicted octanol–water partition coefficient (Wildman–Crippen LogP) is 4.21. The van der Waals surface area contributed by atoms with E-state index in [1.54, 1.807) is 0 Å². The Labute approximate surface area is 133 Å². The minimum atomic E-state index is 0.435. The molecule has 0 bridgehead atoms. The van der Waals surface area contributed by atoms with Gasteiger partial charge in [-0.25, -0.2) is 9.97 Å². The molecule has 112 valence electrons. The second-order valence-corrected chi connectivity index (χ2v) is 6.02. The van der Waals surface area contributed by atoms with Crippen LogP contribution in [-0.2, 0) is 18.0 Å². The average molecular weight is 314 g/mol. The van der Waals surface area contributed by atoms with Gasteiger partial charge in [-0.15, -0.1) is 0 Å². The summed E-state index contributed by atoms with van der Waals surface area (Å²) in [7, 11) is 0. The Morgan fingerprint density at radius 2 is 2.00 bits per heavy atom. The van der Waals surface area contributed by atoms with E-state index < -0.39 is 0 Å². The fourth-order valence-corrected chi connectivity index (χ4v) is 2.82. The first kappa shape index (κ1) is 13.7. The lowest BCUT2D eigenvalue weighted by atomic mass is 10.1. The molecule has 4 rings (SSSR count). The van der Waals surface area contributed by atoms with Gasteiger partial charge in [-0.05, 0) is 24.3 Å². The van der Waals surface area contributed by atoms with E-state index in [0.717, 1.165) is 22.4 Å². The lowest BCUT2D eigenvalue weighted by molar-refractivity contribution is 0.102. The minimum absolute atomic E-state index is 0.435. The Balaban J connectivity index is 1.52. The molecule has 0 saturated heterocycles. The van der Waals surface area contributed by atoms with Crippen molar-refractivity contribution in [1.29, 1.82) is 0 Å². The number of H-pyrrole nitrogens is 1. The number of nitrogens with zero attached hydrogens (tertiary/aromatic N) is 2. The molecule has 0 spiro atoms. The number of nitrogens with one attached hydrogen (secondary N) is 1. The number of aromatic amines is 1. The van der Waals surface area contributed by atoms with E-state index in [2.05, 4.69) is 15.0 Å². The van der Waals surface area contributed by atoms with Crippen molar-refractivity contribution in [2.75, 3.05) is 0 Å². The van der Waals surface area contributed by atoms with Crippen LogP contribution in [0.5, 0.6) is 0 Å². The third-order valence-corrected chi connectivity index (χ3v) is 4.20. The molecule has 2 aromatic heterocycles. The van der Waals surface area contributed by atoms with Gasteiger partial charge in [-0.2, -0.15) is 0 Å². The van der Waals surface area contributed by atoms with E-state index in [9.17, 15) is 0 Å². The molecule has 1 aliphatic rings. The Kier molecular flexibility index (Phi) is 3.56. The van der Waals surface area contributed by atoms with Gasteiger partial charge in [0.05, 0.1) is 12.1 Å². The summed E-state index contributed by atoms with van der Waals surface area (Å²) < 4.78 is 5.73. The Morgan fingerprint density at radius 3 is 2.77 bits per heavy atom. The largest absolute Gasteiger partial charge is 0.369 e. The minimum Gasteiger partial charge on any atom is -0.369 e. The van der Waals surface area contributed by atoms with E-state index in [1.165, 1.54) is 18.4 Å². The first-order valence-corrected chi connectivity index (χ1v) is 7.83. The average Bonchev–Trinajstić information content (AvgIpc) is 3.28. The highest BCUT2D eigenvalue weighted by molar-refractivity contribution is 6.33. The first-order chi connectivity index (χ1) is 10.8. The van der Waals surface area contributed by atoms with Crippen molar-refractivity contribution in [3.05, 3.63) is 58.6 Å². The van der Waals surface area contributed by atoms with Gasteiger partial charge in [-0.3, -0.25) is 0 Å². The summed E-state index contributed by atoms with van der Waals surface area (Å²) in [5.41, 5.74) is 4.12. The summed E-state index contributed by atoms with van der Waals surface area (Å²) in [5.74, 6) is 1.39. The Hall–Kier alpha value is -1.91. The Morgan fingerprint density at radius 1 is 1.18 bits per heavy atom. The van der Waals surface area contributed by atoms with Crippen molar-refractivity contribution in [3.63, 3.8) is 0 Å². The van der Waals surface area contributed by atoms with E-state index in [4.69, 9.17) is 16.3 Å². The summed E-state index contributed by atoms with van der Waals surface area (Å²) >= 11 is 6.17. The number of hydrogen-bond donors (Lipinski definition) is 1. The molecule has 0 unspecified atom stereocenters. The number of rotatable bonds is 5. The molecule has 0 aliphatic heterocycles.